The minimum Gasteiger partial charge on any atom is -0.469 e. The van der Waals surface area contributed by atoms with Crippen LogP contribution < -0.4 is 5.32 Å². The number of aryl methyl sites for hydroxylation is 1. The summed E-state index contributed by atoms with van der Waals surface area (Å²) in [5.74, 6) is 0.588. The molecule has 0 saturated carbocycles. The van der Waals surface area contributed by atoms with Gasteiger partial charge in [-0.25, -0.2) is 0 Å². The highest BCUT2D eigenvalue weighted by Crippen LogP contribution is 2.14. The minimum atomic E-state index is -0.128. The van der Waals surface area contributed by atoms with Crippen molar-refractivity contribution in [3.63, 3.8) is 0 Å². The lowest BCUT2D eigenvalue weighted by Gasteiger charge is -2.03. The van der Waals surface area contributed by atoms with Gasteiger partial charge in [0.05, 0.1) is 11.8 Å². The Hall–Kier alpha value is -2.03. The Morgan fingerprint density at radius 1 is 1.25 bits per heavy atom. The molecule has 0 fully saturated rings. The molecule has 0 atom stereocenters. The third-order valence-electron chi connectivity index (χ3n) is 2.34. The van der Waals surface area contributed by atoms with Crippen LogP contribution in [0.1, 0.15) is 23.0 Å². The van der Waals surface area contributed by atoms with Crippen molar-refractivity contribution in [3.05, 3.63) is 54.0 Å². The Labute approximate surface area is 94.1 Å². The number of rotatable bonds is 3. The van der Waals surface area contributed by atoms with Crippen molar-refractivity contribution < 1.29 is 9.21 Å². The molecule has 1 aromatic carbocycles. The van der Waals surface area contributed by atoms with E-state index in [2.05, 4.69) is 5.32 Å². The van der Waals surface area contributed by atoms with E-state index in [1.54, 1.807) is 12.3 Å². The average Bonchev–Trinajstić information content (AvgIpc) is 2.78. The predicted molar refractivity (Wildman–Crippen MR) is 62.5 cm³/mol. The van der Waals surface area contributed by atoms with Gasteiger partial charge in [0.2, 0.25) is 0 Å². The number of anilines is 1. The van der Waals surface area contributed by atoms with Crippen LogP contribution in [-0.2, 0) is 6.42 Å². The van der Waals surface area contributed by atoms with E-state index in [1.165, 1.54) is 0 Å². The molecule has 0 aliphatic carbocycles. The molecule has 0 aliphatic rings. The van der Waals surface area contributed by atoms with E-state index in [-0.39, 0.29) is 5.91 Å². The SMILES string of the molecule is CCc1occc1C(=O)Nc1ccccc1. The summed E-state index contributed by atoms with van der Waals surface area (Å²) in [6.45, 7) is 1.96. The molecular formula is C13H13NO2. The standard InChI is InChI=1S/C13H13NO2/c1-2-12-11(8-9-16-12)13(15)14-10-6-4-3-5-7-10/h3-9H,2H2,1H3,(H,14,15). The lowest BCUT2D eigenvalue weighted by molar-refractivity contribution is 0.102. The molecule has 1 heterocycles. The molecule has 0 radical (unpaired) electrons. The van der Waals surface area contributed by atoms with E-state index in [0.717, 1.165) is 5.69 Å². The Bertz CT molecular complexity index is 474. The van der Waals surface area contributed by atoms with Crippen molar-refractivity contribution in [2.45, 2.75) is 13.3 Å². The average molecular weight is 215 g/mol. The smallest absolute Gasteiger partial charge is 0.259 e. The highest BCUT2D eigenvalue weighted by atomic mass is 16.3. The third kappa shape index (κ3) is 2.14. The van der Waals surface area contributed by atoms with E-state index >= 15 is 0 Å². The van der Waals surface area contributed by atoms with Crippen molar-refractivity contribution in [2.75, 3.05) is 5.32 Å². The lowest BCUT2D eigenvalue weighted by atomic mass is 10.2. The fraction of sp³-hybridized carbons (Fsp3) is 0.154. The summed E-state index contributed by atoms with van der Waals surface area (Å²) in [6, 6.07) is 11.1. The number of carbonyl (C=O) groups is 1. The lowest BCUT2D eigenvalue weighted by Crippen LogP contribution is -2.12. The van der Waals surface area contributed by atoms with Gasteiger partial charge in [-0.1, -0.05) is 25.1 Å². The Kier molecular flexibility index (Phi) is 3.05. The van der Waals surface area contributed by atoms with Gasteiger partial charge in [-0.15, -0.1) is 0 Å². The summed E-state index contributed by atoms with van der Waals surface area (Å²) in [5.41, 5.74) is 1.39. The van der Waals surface area contributed by atoms with Crippen molar-refractivity contribution in [1.29, 1.82) is 0 Å². The first-order valence-electron chi connectivity index (χ1n) is 5.24. The molecule has 1 N–H and O–H groups in total. The van der Waals surface area contributed by atoms with Gasteiger partial charge in [0, 0.05) is 12.1 Å². The molecule has 16 heavy (non-hydrogen) atoms. The van der Waals surface area contributed by atoms with E-state index in [4.69, 9.17) is 4.42 Å². The molecule has 0 unspecified atom stereocenters. The quantitative estimate of drug-likeness (QED) is 0.854. The number of para-hydroxylation sites is 1. The van der Waals surface area contributed by atoms with E-state index < -0.39 is 0 Å². The van der Waals surface area contributed by atoms with Gasteiger partial charge in [-0.2, -0.15) is 0 Å². The largest absolute Gasteiger partial charge is 0.469 e. The Morgan fingerprint density at radius 3 is 2.69 bits per heavy atom. The van der Waals surface area contributed by atoms with Crippen LogP contribution in [0.5, 0.6) is 0 Å². The van der Waals surface area contributed by atoms with Gasteiger partial charge in [-0.05, 0) is 18.2 Å². The number of nitrogens with one attached hydrogen (secondary N) is 1. The molecule has 3 nitrogen and oxygen atoms in total. The van der Waals surface area contributed by atoms with Gasteiger partial charge in [0.1, 0.15) is 5.76 Å². The second kappa shape index (κ2) is 4.66. The molecule has 3 heteroatoms. The highest BCUT2D eigenvalue weighted by Gasteiger charge is 2.12. The maximum Gasteiger partial charge on any atom is 0.259 e. The van der Waals surface area contributed by atoms with Crippen LogP contribution >= 0.6 is 0 Å². The topological polar surface area (TPSA) is 42.2 Å². The van der Waals surface area contributed by atoms with Crippen LogP contribution in [0, 0.1) is 0 Å². The van der Waals surface area contributed by atoms with Crippen LogP contribution in [0.15, 0.2) is 47.1 Å². The molecule has 2 rings (SSSR count). The normalized spacial score (nSPS) is 10.1. The second-order valence-electron chi connectivity index (χ2n) is 3.43. The van der Waals surface area contributed by atoms with Gasteiger partial charge in [0.15, 0.2) is 0 Å². The third-order valence-corrected chi connectivity index (χ3v) is 2.34. The molecule has 1 amide bonds. The fourth-order valence-corrected chi connectivity index (χ4v) is 1.54. The van der Waals surface area contributed by atoms with Crippen LogP contribution in [-0.4, -0.2) is 5.91 Å². The van der Waals surface area contributed by atoms with Crippen molar-refractivity contribution in [2.24, 2.45) is 0 Å². The van der Waals surface area contributed by atoms with Crippen LogP contribution in [0.3, 0.4) is 0 Å². The van der Waals surface area contributed by atoms with Crippen LogP contribution in [0.2, 0.25) is 0 Å². The summed E-state index contributed by atoms with van der Waals surface area (Å²) < 4.78 is 5.21. The van der Waals surface area contributed by atoms with Gasteiger partial charge in [-0.3, -0.25) is 4.79 Å². The van der Waals surface area contributed by atoms with Gasteiger partial charge in [0.25, 0.3) is 5.91 Å². The Morgan fingerprint density at radius 2 is 2.00 bits per heavy atom. The summed E-state index contributed by atoms with van der Waals surface area (Å²) in [5, 5.41) is 2.82. The highest BCUT2D eigenvalue weighted by molar-refractivity contribution is 6.04. The maximum atomic E-state index is 11.9. The van der Waals surface area contributed by atoms with Crippen molar-refractivity contribution >= 4 is 11.6 Å². The number of benzene rings is 1. The summed E-state index contributed by atoms with van der Waals surface area (Å²) >= 11 is 0. The molecule has 0 saturated heterocycles. The molecule has 1 aromatic heterocycles. The van der Waals surface area contributed by atoms with E-state index in [0.29, 0.717) is 17.7 Å². The van der Waals surface area contributed by atoms with Gasteiger partial charge < -0.3 is 9.73 Å². The first-order valence-corrected chi connectivity index (χ1v) is 5.24. The minimum absolute atomic E-state index is 0.128. The Balaban J connectivity index is 2.15. The van der Waals surface area contributed by atoms with Crippen molar-refractivity contribution in [1.82, 2.24) is 0 Å². The second-order valence-corrected chi connectivity index (χ2v) is 3.43. The summed E-state index contributed by atoms with van der Waals surface area (Å²) in [4.78, 5) is 11.9. The fourth-order valence-electron chi connectivity index (χ4n) is 1.54. The summed E-state index contributed by atoms with van der Waals surface area (Å²) in [6.07, 6.45) is 2.25. The zero-order chi connectivity index (χ0) is 11.4. The molecule has 0 bridgehead atoms. The predicted octanol–water partition coefficient (Wildman–Crippen LogP) is 3.09. The van der Waals surface area contributed by atoms with E-state index in [1.807, 2.05) is 37.3 Å². The van der Waals surface area contributed by atoms with Crippen molar-refractivity contribution in [3.8, 4) is 0 Å². The number of hydrogen-bond acceptors (Lipinski definition) is 2. The zero-order valence-corrected chi connectivity index (χ0v) is 9.07. The van der Waals surface area contributed by atoms with Crippen LogP contribution in [0.4, 0.5) is 5.69 Å². The summed E-state index contributed by atoms with van der Waals surface area (Å²) in [7, 11) is 0. The van der Waals surface area contributed by atoms with E-state index in [9.17, 15) is 4.79 Å². The van der Waals surface area contributed by atoms with Crippen LogP contribution in [0.25, 0.3) is 0 Å². The molecular weight excluding hydrogens is 202 g/mol. The first-order chi connectivity index (χ1) is 7.81. The number of carbonyl (C=O) groups excluding carboxylic acids is 1. The molecule has 0 spiro atoms. The zero-order valence-electron chi connectivity index (χ0n) is 9.07. The molecule has 0 aliphatic heterocycles. The first kappa shape index (κ1) is 10.5. The number of furan rings is 1. The monoisotopic (exact) mass is 215 g/mol. The molecule has 82 valence electrons. The maximum absolute atomic E-state index is 11.9. The molecule has 2 aromatic rings. The number of hydrogen-bond donors (Lipinski definition) is 1. The number of amides is 1. The van der Waals surface area contributed by atoms with Gasteiger partial charge >= 0.3 is 0 Å².